The molecular formula is C15H22N2O3. The van der Waals surface area contributed by atoms with Crippen LogP contribution in [0.25, 0.3) is 0 Å². The third-order valence-electron chi connectivity index (χ3n) is 2.12. The number of ether oxygens (including phenoxy) is 2. The van der Waals surface area contributed by atoms with Crippen LogP contribution in [0, 0.1) is 0 Å². The zero-order valence-corrected chi connectivity index (χ0v) is 12.5. The SMILES string of the molecule is CCCOc1ccc(/C=N/NC(=O)OC(C)(C)C)cc1. The van der Waals surface area contributed by atoms with Crippen molar-refractivity contribution in [2.75, 3.05) is 6.61 Å². The average molecular weight is 278 g/mol. The second-order valence-electron chi connectivity index (χ2n) is 5.29. The van der Waals surface area contributed by atoms with Crippen LogP contribution in [-0.4, -0.2) is 24.5 Å². The third-order valence-corrected chi connectivity index (χ3v) is 2.12. The van der Waals surface area contributed by atoms with Crippen molar-refractivity contribution in [2.24, 2.45) is 5.10 Å². The molecule has 1 N–H and O–H groups in total. The molecule has 110 valence electrons. The van der Waals surface area contributed by atoms with Gasteiger partial charge in [-0.1, -0.05) is 6.92 Å². The molecular weight excluding hydrogens is 256 g/mol. The van der Waals surface area contributed by atoms with Crippen molar-refractivity contribution in [1.82, 2.24) is 5.43 Å². The molecule has 1 aromatic rings. The van der Waals surface area contributed by atoms with Crippen molar-refractivity contribution >= 4 is 12.3 Å². The molecule has 1 aromatic carbocycles. The molecule has 0 unspecified atom stereocenters. The van der Waals surface area contributed by atoms with Crippen LogP contribution in [0.3, 0.4) is 0 Å². The van der Waals surface area contributed by atoms with E-state index in [4.69, 9.17) is 9.47 Å². The number of hydrogen-bond acceptors (Lipinski definition) is 4. The van der Waals surface area contributed by atoms with E-state index in [1.165, 1.54) is 0 Å². The molecule has 0 fully saturated rings. The van der Waals surface area contributed by atoms with Crippen LogP contribution >= 0.6 is 0 Å². The number of hydrazone groups is 1. The number of amides is 1. The van der Waals surface area contributed by atoms with Crippen molar-refractivity contribution in [3.05, 3.63) is 29.8 Å². The first kappa shape index (κ1) is 16.0. The number of nitrogens with one attached hydrogen (secondary N) is 1. The molecule has 0 saturated carbocycles. The Morgan fingerprint density at radius 2 is 1.95 bits per heavy atom. The van der Waals surface area contributed by atoms with Crippen molar-refractivity contribution < 1.29 is 14.3 Å². The molecule has 5 nitrogen and oxygen atoms in total. The highest BCUT2D eigenvalue weighted by Crippen LogP contribution is 2.11. The van der Waals surface area contributed by atoms with E-state index >= 15 is 0 Å². The Hall–Kier alpha value is -2.04. The van der Waals surface area contributed by atoms with E-state index in [1.807, 2.05) is 24.3 Å². The second kappa shape index (κ2) is 7.53. The minimum absolute atomic E-state index is 0.530. The summed E-state index contributed by atoms with van der Waals surface area (Å²) in [7, 11) is 0. The molecule has 20 heavy (non-hydrogen) atoms. The maximum absolute atomic E-state index is 11.4. The van der Waals surface area contributed by atoms with Gasteiger partial charge in [0.15, 0.2) is 0 Å². The molecule has 5 heteroatoms. The molecule has 0 aliphatic rings. The van der Waals surface area contributed by atoms with E-state index in [-0.39, 0.29) is 0 Å². The van der Waals surface area contributed by atoms with Gasteiger partial charge in [0.25, 0.3) is 0 Å². The lowest BCUT2D eigenvalue weighted by Gasteiger charge is -2.18. The molecule has 0 aliphatic carbocycles. The number of hydrogen-bond donors (Lipinski definition) is 1. The lowest BCUT2D eigenvalue weighted by atomic mass is 10.2. The number of rotatable bonds is 5. The Bertz CT molecular complexity index is 447. The summed E-state index contributed by atoms with van der Waals surface area (Å²) < 4.78 is 10.5. The van der Waals surface area contributed by atoms with Crippen LogP contribution in [0.4, 0.5) is 4.79 Å². The van der Waals surface area contributed by atoms with Crippen LogP contribution in [0.15, 0.2) is 29.4 Å². The van der Waals surface area contributed by atoms with Gasteiger partial charge >= 0.3 is 6.09 Å². The van der Waals surface area contributed by atoms with Gasteiger partial charge in [-0.2, -0.15) is 5.10 Å². The molecule has 0 heterocycles. The molecule has 0 aromatic heterocycles. The summed E-state index contributed by atoms with van der Waals surface area (Å²) in [5.74, 6) is 0.823. The average Bonchev–Trinajstić information content (AvgIpc) is 2.35. The zero-order chi connectivity index (χ0) is 15.0. The van der Waals surface area contributed by atoms with Crippen molar-refractivity contribution in [1.29, 1.82) is 0 Å². The first-order valence-electron chi connectivity index (χ1n) is 6.65. The fourth-order valence-electron chi connectivity index (χ4n) is 1.33. The van der Waals surface area contributed by atoms with Gasteiger partial charge in [-0.25, -0.2) is 10.2 Å². The second-order valence-corrected chi connectivity index (χ2v) is 5.29. The van der Waals surface area contributed by atoms with Crippen LogP contribution in [0.1, 0.15) is 39.7 Å². The summed E-state index contributed by atoms with van der Waals surface area (Å²) in [5.41, 5.74) is 2.65. The van der Waals surface area contributed by atoms with Gasteiger partial charge in [0.2, 0.25) is 0 Å². The highest BCUT2D eigenvalue weighted by molar-refractivity contribution is 5.81. The Kier molecular flexibility index (Phi) is 6.03. The van der Waals surface area contributed by atoms with Crippen molar-refractivity contribution in [3.63, 3.8) is 0 Å². The minimum Gasteiger partial charge on any atom is -0.494 e. The Labute approximate surface area is 120 Å². The van der Waals surface area contributed by atoms with E-state index in [0.717, 1.165) is 17.7 Å². The molecule has 1 rings (SSSR count). The fraction of sp³-hybridized carbons (Fsp3) is 0.467. The van der Waals surface area contributed by atoms with E-state index in [2.05, 4.69) is 17.5 Å². The van der Waals surface area contributed by atoms with Crippen LogP contribution in [-0.2, 0) is 4.74 Å². The number of nitrogens with zero attached hydrogens (tertiary/aromatic N) is 1. The summed E-state index contributed by atoms with van der Waals surface area (Å²) in [4.78, 5) is 11.4. The van der Waals surface area contributed by atoms with Gasteiger partial charge in [0, 0.05) is 0 Å². The Balaban J connectivity index is 2.44. The molecule has 0 radical (unpaired) electrons. The lowest BCUT2D eigenvalue weighted by molar-refractivity contribution is 0.0529. The van der Waals surface area contributed by atoms with Gasteiger partial charge in [-0.05, 0) is 57.0 Å². The first-order chi connectivity index (χ1) is 9.40. The molecule has 1 amide bonds. The number of carbonyl (C=O) groups excluding carboxylic acids is 1. The van der Waals surface area contributed by atoms with Gasteiger partial charge in [0.05, 0.1) is 12.8 Å². The van der Waals surface area contributed by atoms with Gasteiger partial charge < -0.3 is 9.47 Å². The molecule has 0 spiro atoms. The maximum Gasteiger partial charge on any atom is 0.428 e. The predicted octanol–water partition coefficient (Wildman–Crippen LogP) is 3.33. The first-order valence-corrected chi connectivity index (χ1v) is 6.65. The largest absolute Gasteiger partial charge is 0.494 e. The highest BCUT2D eigenvalue weighted by Gasteiger charge is 2.15. The molecule has 0 aliphatic heterocycles. The molecule has 0 bridgehead atoms. The fourth-order valence-corrected chi connectivity index (χ4v) is 1.33. The topological polar surface area (TPSA) is 59.9 Å². The van der Waals surface area contributed by atoms with E-state index in [0.29, 0.717) is 6.61 Å². The van der Waals surface area contributed by atoms with Crippen LogP contribution in [0.5, 0.6) is 5.75 Å². The van der Waals surface area contributed by atoms with E-state index in [1.54, 1.807) is 27.0 Å². The lowest BCUT2D eigenvalue weighted by Crippen LogP contribution is -2.29. The zero-order valence-electron chi connectivity index (χ0n) is 12.5. The van der Waals surface area contributed by atoms with E-state index < -0.39 is 11.7 Å². The normalized spacial score (nSPS) is 11.4. The summed E-state index contributed by atoms with van der Waals surface area (Å²) in [6, 6.07) is 7.46. The summed E-state index contributed by atoms with van der Waals surface area (Å²) in [6.45, 7) is 8.15. The monoisotopic (exact) mass is 278 g/mol. The predicted molar refractivity (Wildman–Crippen MR) is 79.2 cm³/mol. The van der Waals surface area contributed by atoms with Crippen LogP contribution < -0.4 is 10.2 Å². The molecule has 0 saturated heterocycles. The van der Waals surface area contributed by atoms with E-state index in [9.17, 15) is 4.79 Å². The Morgan fingerprint density at radius 1 is 1.30 bits per heavy atom. The Morgan fingerprint density at radius 3 is 2.50 bits per heavy atom. The maximum atomic E-state index is 11.4. The molecule has 0 atom stereocenters. The summed E-state index contributed by atoms with van der Waals surface area (Å²) in [5, 5.41) is 3.83. The van der Waals surface area contributed by atoms with Gasteiger partial charge in [-0.3, -0.25) is 0 Å². The quantitative estimate of drug-likeness (QED) is 0.664. The number of benzene rings is 1. The van der Waals surface area contributed by atoms with Gasteiger partial charge in [-0.15, -0.1) is 0 Å². The van der Waals surface area contributed by atoms with Gasteiger partial charge in [0.1, 0.15) is 11.4 Å². The van der Waals surface area contributed by atoms with Crippen LogP contribution in [0.2, 0.25) is 0 Å². The third kappa shape index (κ3) is 6.78. The number of carbonyl (C=O) groups is 1. The van der Waals surface area contributed by atoms with Crippen molar-refractivity contribution in [3.8, 4) is 5.75 Å². The van der Waals surface area contributed by atoms with Crippen molar-refractivity contribution in [2.45, 2.75) is 39.7 Å². The highest BCUT2D eigenvalue weighted by atomic mass is 16.6. The standard InChI is InChI=1S/C15H22N2O3/c1-5-10-19-13-8-6-12(7-9-13)11-16-17-14(18)20-15(2,3)4/h6-9,11H,5,10H2,1-4H3,(H,17,18)/b16-11+. The summed E-state index contributed by atoms with van der Waals surface area (Å²) >= 11 is 0. The minimum atomic E-state index is -0.573. The smallest absolute Gasteiger partial charge is 0.428 e. The summed E-state index contributed by atoms with van der Waals surface area (Å²) in [6.07, 6.45) is 1.95.